The minimum absolute atomic E-state index is 1.04. The van der Waals surface area contributed by atoms with Gasteiger partial charge in [0.15, 0.2) is 0 Å². The third-order valence-corrected chi connectivity index (χ3v) is 2.16. The van der Waals surface area contributed by atoms with Crippen LogP contribution in [-0.2, 0) is 0 Å². The van der Waals surface area contributed by atoms with Gasteiger partial charge in [-0.3, -0.25) is 0 Å². The second kappa shape index (κ2) is 5.86. The van der Waals surface area contributed by atoms with Crippen LogP contribution in [0.4, 0.5) is 0 Å². The number of allylic oxidation sites excluding steroid dienone is 4. The summed E-state index contributed by atoms with van der Waals surface area (Å²) in [7, 11) is 1.88. The molecule has 0 fully saturated rings. The van der Waals surface area contributed by atoms with Gasteiger partial charge in [0.1, 0.15) is 0 Å². The minimum Gasteiger partial charge on any atom is -0.394 e. The molecule has 78 valence electrons. The Morgan fingerprint density at radius 3 is 2.67 bits per heavy atom. The lowest BCUT2D eigenvalue weighted by molar-refractivity contribution is 1.10. The Kier molecular flexibility index (Phi) is 4.42. The topological polar surface area (TPSA) is 12.0 Å². The molecule has 0 heterocycles. The molecule has 0 bridgehead atoms. The van der Waals surface area contributed by atoms with Crippen LogP contribution in [0.15, 0.2) is 55.3 Å². The van der Waals surface area contributed by atoms with E-state index in [-0.39, 0.29) is 0 Å². The van der Waals surface area contributed by atoms with Gasteiger partial charge in [-0.05, 0) is 35.9 Å². The molecule has 0 atom stereocenters. The van der Waals surface area contributed by atoms with Crippen LogP contribution in [0.25, 0.3) is 5.57 Å². The molecule has 1 aromatic rings. The monoisotopic (exact) mass is 199 g/mol. The highest BCUT2D eigenvalue weighted by Gasteiger charge is 1.96. The van der Waals surface area contributed by atoms with E-state index in [9.17, 15) is 0 Å². The summed E-state index contributed by atoms with van der Waals surface area (Å²) in [6, 6.07) is 8.25. The molecule has 1 rings (SSSR count). The van der Waals surface area contributed by atoms with Gasteiger partial charge in [0, 0.05) is 7.05 Å². The molecule has 0 saturated heterocycles. The molecule has 1 nitrogen and oxygen atoms in total. The Hall–Kier alpha value is -1.76. The highest BCUT2D eigenvalue weighted by atomic mass is 14.8. The Morgan fingerprint density at radius 2 is 2.00 bits per heavy atom. The maximum absolute atomic E-state index is 4.04. The van der Waals surface area contributed by atoms with Crippen molar-refractivity contribution in [1.82, 2.24) is 5.32 Å². The lowest BCUT2D eigenvalue weighted by atomic mass is 10.0. The summed E-state index contributed by atoms with van der Waals surface area (Å²) in [5.41, 5.74) is 3.49. The summed E-state index contributed by atoms with van der Waals surface area (Å²) in [4.78, 5) is 0. The van der Waals surface area contributed by atoms with Crippen LogP contribution in [0.1, 0.15) is 11.1 Å². The lowest BCUT2D eigenvalue weighted by Gasteiger charge is -2.03. The zero-order chi connectivity index (χ0) is 11.1. The van der Waals surface area contributed by atoms with Gasteiger partial charge in [0.25, 0.3) is 0 Å². The van der Waals surface area contributed by atoms with E-state index in [0.29, 0.717) is 0 Å². The van der Waals surface area contributed by atoms with Crippen molar-refractivity contribution in [2.24, 2.45) is 0 Å². The summed E-state index contributed by atoms with van der Waals surface area (Å²) in [5.74, 6) is 0. The number of benzene rings is 1. The van der Waals surface area contributed by atoms with Crippen molar-refractivity contribution in [3.63, 3.8) is 0 Å². The molecule has 0 saturated carbocycles. The van der Waals surface area contributed by atoms with Crippen molar-refractivity contribution in [3.8, 4) is 0 Å². The van der Waals surface area contributed by atoms with E-state index in [1.165, 1.54) is 11.1 Å². The van der Waals surface area contributed by atoms with Crippen LogP contribution in [0.3, 0.4) is 0 Å². The molecule has 15 heavy (non-hydrogen) atoms. The Balaban J connectivity index is 2.74. The predicted octanol–water partition coefficient (Wildman–Crippen LogP) is 3.30. The third-order valence-electron chi connectivity index (χ3n) is 2.16. The van der Waals surface area contributed by atoms with E-state index >= 15 is 0 Å². The first kappa shape index (κ1) is 11.3. The van der Waals surface area contributed by atoms with E-state index in [1.54, 1.807) is 0 Å². The van der Waals surface area contributed by atoms with Gasteiger partial charge in [0.2, 0.25) is 0 Å². The van der Waals surface area contributed by atoms with Crippen molar-refractivity contribution in [3.05, 3.63) is 66.4 Å². The van der Waals surface area contributed by atoms with Crippen LogP contribution < -0.4 is 5.32 Å². The Morgan fingerprint density at radius 1 is 1.27 bits per heavy atom. The van der Waals surface area contributed by atoms with Crippen LogP contribution in [0, 0.1) is 6.92 Å². The van der Waals surface area contributed by atoms with Gasteiger partial charge >= 0.3 is 0 Å². The quantitative estimate of drug-likeness (QED) is 0.734. The van der Waals surface area contributed by atoms with Gasteiger partial charge in [-0.2, -0.15) is 0 Å². The first-order valence-electron chi connectivity index (χ1n) is 5.01. The van der Waals surface area contributed by atoms with E-state index in [0.717, 1.165) is 5.57 Å². The van der Waals surface area contributed by atoms with Crippen molar-refractivity contribution < 1.29 is 0 Å². The zero-order valence-electron chi connectivity index (χ0n) is 9.33. The second-order valence-electron chi connectivity index (χ2n) is 3.35. The molecule has 0 aromatic heterocycles. The van der Waals surface area contributed by atoms with Gasteiger partial charge in [-0.15, -0.1) is 0 Å². The van der Waals surface area contributed by atoms with Crippen molar-refractivity contribution in [2.45, 2.75) is 6.92 Å². The van der Waals surface area contributed by atoms with E-state index < -0.39 is 0 Å². The number of nitrogens with one attached hydrogen (secondary N) is 1. The molecule has 0 unspecified atom stereocenters. The number of aryl methyl sites for hydroxylation is 1. The number of rotatable bonds is 4. The number of hydrogen-bond acceptors (Lipinski definition) is 1. The van der Waals surface area contributed by atoms with Crippen molar-refractivity contribution >= 4 is 5.57 Å². The molecule has 1 N–H and O–H groups in total. The van der Waals surface area contributed by atoms with E-state index in [1.807, 2.05) is 43.6 Å². The molecule has 1 aromatic carbocycles. The van der Waals surface area contributed by atoms with Gasteiger partial charge in [-0.25, -0.2) is 0 Å². The molecule has 1 heteroatoms. The summed E-state index contributed by atoms with van der Waals surface area (Å²) in [6.45, 7) is 6.14. The zero-order valence-corrected chi connectivity index (χ0v) is 9.33. The van der Waals surface area contributed by atoms with Crippen LogP contribution >= 0.6 is 0 Å². The standard InChI is InChI=1S/C14H17N/c1-12-8-4-5-10-14(12)13(2)9-6-7-11-15-3/h4-11,15H,2H2,1,3H3/b9-6-,11-7-. The SMILES string of the molecule is C=C(/C=C\C=C/NC)c1ccccc1C. The fourth-order valence-corrected chi connectivity index (χ4v) is 1.35. The Bertz CT molecular complexity index is 386. The third kappa shape index (κ3) is 3.47. The number of hydrogen-bond donors (Lipinski definition) is 1. The van der Waals surface area contributed by atoms with Gasteiger partial charge in [0.05, 0.1) is 0 Å². The smallest absolute Gasteiger partial charge is 0.00277 e. The summed E-state index contributed by atoms with van der Waals surface area (Å²) >= 11 is 0. The lowest BCUT2D eigenvalue weighted by Crippen LogP contribution is -1.89. The predicted molar refractivity (Wildman–Crippen MR) is 67.6 cm³/mol. The molecule has 0 amide bonds. The largest absolute Gasteiger partial charge is 0.394 e. The summed E-state index contributed by atoms with van der Waals surface area (Å²) in [5, 5.41) is 2.93. The fourth-order valence-electron chi connectivity index (χ4n) is 1.35. The fraction of sp³-hybridized carbons (Fsp3) is 0.143. The summed E-state index contributed by atoms with van der Waals surface area (Å²) < 4.78 is 0. The van der Waals surface area contributed by atoms with Crippen molar-refractivity contribution in [1.29, 1.82) is 0 Å². The highest BCUT2D eigenvalue weighted by molar-refractivity contribution is 5.74. The molecule has 0 spiro atoms. The van der Waals surface area contributed by atoms with E-state index in [2.05, 4.69) is 31.0 Å². The first-order valence-corrected chi connectivity index (χ1v) is 5.01. The average molecular weight is 199 g/mol. The van der Waals surface area contributed by atoms with Crippen LogP contribution in [-0.4, -0.2) is 7.05 Å². The van der Waals surface area contributed by atoms with E-state index in [4.69, 9.17) is 0 Å². The van der Waals surface area contributed by atoms with Crippen LogP contribution in [0.2, 0.25) is 0 Å². The first-order chi connectivity index (χ1) is 7.25. The van der Waals surface area contributed by atoms with Gasteiger partial charge < -0.3 is 5.32 Å². The van der Waals surface area contributed by atoms with Crippen LogP contribution in [0.5, 0.6) is 0 Å². The molecular weight excluding hydrogens is 182 g/mol. The molecule has 0 aliphatic rings. The normalized spacial score (nSPS) is 11.1. The second-order valence-corrected chi connectivity index (χ2v) is 3.35. The minimum atomic E-state index is 1.04. The molecular formula is C14H17N. The average Bonchev–Trinajstić information content (AvgIpc) is 2.25. The Labute approximate surface area is 91.8 Å². The molecule has 0 aliphatic heterocycles. The molecule has 0 aliphatic carbocycles. The van der Waals surface area contributed by atoms with Gasteiger partial charge in [-0.1, -0.05) is 43.0 Å². The highest BCUT2D eigenvalue weighted by Crippen LogP contribution is 2.17. The maximum Gasteiger partial charge on any atom is 0.00277 e. The molecule has 0 radical (unpaired) electrons. The summed E-state index contributed by atoms with van der Waals surface area (Å²) in [6.07, 6.45) is 7.81. The maximum atomic E-state index is 4.04. The van der Waals surface area contributed by atoms with Crippen molar-refractivity contribution in [2.75, 3.05) is 7.05 Å².